The van der Waals surface area contributed by atoms with Crippen molar-refractivity contribution in [3.63, 3.8) is 0 Å². The van der Waals surface area contributed by atoms with Gasteiger partial charge in [0.25, 0.3) is 0 Å². The standard InChI is InChI=1S/C14H18N2O2/c17-14-4-2-11-7-10(1-3-13(11)16-14)8-12-9-18-6-5-15-12/h1,3,7,12,15H,2,4-6,8-9H2,(H,16,17). The van der Waals surface area contributed by atoms with Gasteiger partial charge in [-0.25, -0.2) is 0 Å². The molecule has 1 aromatic carbocycles. The van der Waals surface area contributed by atoms with Gasteiger partial charge in [-0.3, -0.25) is 4.79 Å². The maximum absolute atomic E-state index is 11.3. The summed E-state index contributed by atoms with van der Waals surface area (Å²) in [5.74, 6) is 0.123. The van der Waals surface area contributed by atoms with Gasteiger partial charge in [0.2, 0.25) is 5.91 Å². The van der Waals surface area contributed by atoms with Gasteiger partial charge in [-0.15, -0.1) is 0 Å². The van der Waals surface area contributed by atoms with Crippen molar-refractivity contribution < 1.29 is 9.53 Å². The summed E-state index contributed by atoms with van der Waals surface area (Å²) in [6.45, 7) is 2.53. The van der Waals surface area contributed by atoms with E-state index in [-0.39, 0.29) is 5.91 Å². The van der Waals surface area contributed by atoms with E-state index in [4.69, 9.17) is 4.74 Å². The highest BCUT2D eigenvalue weighted by Gasteiger charge is 2.17. The maximum Gasteiger partial charge on any atom is 0.224 e. The first-order valence-corrected chi connectivity index (χ1v) is 6.54. The van der Waals surface area contributed by atoms with Crippen LogP contribution < -0.4 is 10.6 Å². The lowest BCUT2D eigenvalue weighted by atomic mass is 9.97. The average molecular weight is 246 g/mol. The van der Waals surface area contributed by atoms with Crippen molar-refractivity contribution in [1.29, 1.82) is 0 Å². The van der Waals surface area contributed by atoms with E-state index >= 15 is 0 Å². The predicted molar refractivity (Wildman–Crippen MR) is 69.7 cm³/mol. The molecule has 2 N–H and O–H groups in total. The fourth-order valence-corrected chi connectivity index (χ4v) is 2.60. The number of carbonyl (C=O) groups excluding carboxylic acids is 1. The fourth-order valence-electron chi connectivity index (χ4n) is 2.60. The number of ether oxygens (including phenoxy) is 1. The van der Waals surface area contributed by atoms with Gasteiger partial charge in [0.1, 0.15) is 0 Å². The van der Waals surface area contributed by atoms with Crippen LogP contribution in [-0.4, -0.2) is 31.7 Å². The topological polar surface area (TPSA) is 50.4 Å². The maximum atomic E-state index is 11.3. The summed E-state index contributed by atoms with van der Waals surface area (Å²) in [5.41, 5.74) is 3.54. The first-order valence-electron chi connectivity index (χ1n) is 6.54. The molecule has 4 heteroatoms. The molecule has 1 fully saturated rings. The molecule has 1 unspecified atom stereocenters. The Labute approximate surface area is 107 Å². The molecule has 1 aromatic rings. The molecule has 18 heavy (non-hydrogen) atoms. The lowest BCUT2D eigenvalue weighted by Crippen LogP contribution is -2.42. The number of hydrogen-bond donors (Lipinski definition) is 2. The highest BCUT2D eigenvalue weighted by Crippen LogP contribution is 2.24. The van der Waals surface area contributed by atoms with Crippen molar-refractivity contribution in [2.75, 3.05) is 25.1 Å². The highest BCUT2D eigenvalue weighted by atomic mass is 16.5. The van der Waals surface area contributed by atoms with E-state index in [0.717, 1.165) is 38.3 Å². The molecule has 0 radical (unpaired) electrons. The minimum atomic E-state index is 0.123. The Bertz CT molecular complexity index is 453. The smallest absolute Gasteiger partial charge is 0.224 e. The third kappa shape index (κ3) is 2.54. The number of nitrogens with one attached hydrogen (secondary N) is 2. The molecule has 3 rings (SSSR count). The molecule has 0 spiro atoms. The van der Waals surface area contributed by atoms with E-state index in [9.17, 15) is 4.79 Å². The Morgan fingerprint density at radius 3 is 3.11 bits per heavy atom. The van der Waals surface area contributed by atoms with E-state index in [1.165, 1.54) is 11.1 Å². The van der Waals surface area contributed by atoms with Crippen molar-refractivity contribution in [2.45, 2.75) is 25.3 Å². The average Bonchev–Trinajstić information content (AvgIpc) is 2.40. The van der Waals surface area contributed by atoms with Crippen molar-refractivity contribution in [2.24, 2.45) is 0 Å². The van der Waals surface area contributed by atoms with Gasteiger partial charge in [-0.05, 0) is 30.0 Å². The molecule has 0 bridgehead atoms. The van der Waals surface area contributed by atoms with Crippen LogP contribution in [0.25, 0.3) is 0 Å². The highest BCUT2D eigenvalue weighted by molar-refractivity contribution is 5.93. The van der Waals surface area contributed by atoms with Crippen molar-refractivity contribution in [3.05, 3.63) is 29.3 Å². The van der Waals surface area contributed by atoms with Gasteiger partial charge >= 0.3 is 0 Å². The summed E-state index contributed by atoms with van der Waals surface area (Å²) in [6, 6.07) is 6.74. The Morgan fingerprint density at radius 1 is 1.33 bits per heavy atom. The third-order valence-electron chi connectivity index (χ3n) is 3.55. The second kappa shape index (κ2) is 5.08. The summed E-state index contributed by atoms with van der Waals surface area (Å²) in [5, 5.41) is 6.37. The minimum absolute atomic E-state index is 0.123. The first kappa shape index (κ1) is 11.7. The number of benzene rings is 1. The predicted octanol–water partition coefficient (Wildman–Crippen LogP) is 1.10. The number of fused-ring (bicyclic) bond motifs is 1. The van der Waals surface area contributed by atoms with Gasteiger partial charge in [0, 0.05) is 24.7 Å². The van der Waals surface area contributed by atoms with E-state index in [0.29, 0.717) is 12.5 Å². The van der Waals surface area contributed by atoms with Crippen molar-refractivity contribution in [1.82, 2.24) is 5.32 Å². The van der Waals surface area contributed by atoms with Crippen LogP contribution in [0.3, 0.4) is 0 Å². The Hall–Kier alpha value is -1.39. The van der Waals surface area contributed by atoms with Crippen LogP contribution in [0.2, 0.25) is 0 Å². The number of carbonyl (C=O) groups is 1. The molecule has 2 aliphatic rings. The summed E-state index contributed by atoms with van der Waals surface area (Å²) < 4.78 is 5.46. The summed E-state index contributed by atoms with van der Waals surface area (Å²) >= 11 is 0. The molecule has 1 saturated heterocycles. The van der Waals surface area contributed by atoms with E-state index in [1.54, 1.807) is 0 Å². The van der Waals surface area contributed by atoms with Gasteiger partial charge in [-0.2, -0.15) is 0 Å². The minimum Gasteiger partial charge on any atom is -0.379 e. The van der Waals surface area contributed by atoms with Gasteiger partial charge in [-0.1, -0.05) is 12.1 Å². The number of hydrogen-bond acceptors (Lipinski definition) is 3. The number of morpholine rings is 1. The number of anilines is 1. The summed E-state index contributed by atoms with van der Waals surface area (Å²) in [4.78, 5) is 11.3. The second-order valence-electron chi connectivity index (χ2n) is 4.97. The normalized spacial score (nSPS) is 23.3. The zero-order chi connectivity index (χ0) is 12.4. The fraction of sp³-hybridized carbons (Fsp3) is 0.500. The van der Waals surface area contributed by atoms with E-state index in [2.05, 4.69) is 22.8 Å². The van der Waals surface area contributed by atoms with Crippen LogP contribution in [0, 0.1) is 0 Å². The van der Waals surface area contributed by atoms with E-state index in [1.807, 2.05) is 6.07 Å². The molecule has 4 nitrogen and oxygen atoms in total. The monoisotopic (exact) mass is 246 g/mol. The number of aryl methyl sites for hydroxylation is 1. The first-order chi connectivity index (χ1) is 8.81. The Kier molecular flexibility index (Phi) is 3.30. The molecule has 96 valence electrons. The Morgan fingerprint density at radius 2 is 2.28 bits per heavy atom. The third-order valence-corrected chi connectivity index (χ3v) is 3.55. The summed E-state index contributed by atoms with van der Waals surface area (Å²) in [7, 11) is 0. The SMILES string of the molecule is O=C1CCc2cc(CC3COCCN3)ccc2N1. The van der Waals surface area contributed by atoms with Crippen LogP contribution in [-0.2, 0) is 22.4 Å². The molecule has 2 aliphatic heterocycles. The summed E-state index contributed by atoms with van der Waals surface area (Å²) in [6.07, 6.45) is 2.44. The van der Waals surface area contributed by atoms with Gasteiger partial charge < -0.3 is 15.4 Å². The number of amides is 1. The molecule has 0 aromatic heterocycles. The van der Waals surface area contributed by atoms with Gasteiger partial charge in [0.15, 0.2) is 0 Å². The number of rotatable bonds is 2. The molecule has 1 amide bonds. The molecular formula is C14H18N2O2. The van der Waals surface area contributed by atoms with Crippen molar-refractivity contribution in [3.8, 4) is 0 Å². The van der Waals surface area contributed by atoms with Gasteiger partial charge in [0.05, 0.1) is 13.2 Å². The quantitative estimate of drug-likeness (QED) is 0.821. The van der Waals surface area contributed by atoms with Crippen LogP contribution in [0.4, 0.5) is 5.69 Å². The lowest BCUT2D eigenvalue weighted by molar-refractivity contribution is -0.116. The molecule has 0 aliphatic carbocycles. The van der Waals surface area contributed by atoms with Crippen LogP contribution >= 0.6 is 0 Å². The zero-order valence-electron chi connectivity index (χ0n) is 10.4. The lowest BCUT2D eigenvalue weighted by Gasteiger charge is -2.24. The molecular weight excluding hydrogens is 228 g/mol. The largest absolute Gasteiger partial charge is 0.379 e. The molecule has 1 atom stereocenters. The zero-order valence-corrected chi connectivity index (χ0v) is 10.4. The van der Waals surface area contributed by atoms with E-state index < -0.39 is 0 Å². The molecule has 0 saturated carbocycles. The molecule has 2 heterocycles. The van der Waals surface area contributed by atoms with Crippen LogP contribution in [0.1, 0.15) is 17.5 Å². The second-order valence-corrected chi connectivity index (χ2v) is 4.97. The van der Waals surface area contributed by atoms with Crippen LogP contribution in [0.15, 0.2) is 18.2 Å². The Balaban J connectivity index is 1.71. The van der Waals surface area contributed by atoms with Crippen LogP contribution in [0.5, 0.6) is 0 Å². The van der Waals surface area contributed by atoms with Crippen molar-refractivity contribution >= 4 is 11.6 Å².